The molecule has 0 bridgehead atoms. The van der Waals surface area contributed by atoms with Crippen molar-refractivity contribution < 1.29 is 9.21 Å². The third kappa shape index (κ3) is 3.66. The highest BCUT2D eigenvalue weighted by Crippen LogP contribution is 2.26. The number of benzene rings is 1. The number of hydrogen-bond donors (Lipinski definition) is 2. The lowest BCUT2D eigenvalue weighted by molar-refractivity contribution is 0.0920. The van der Waals surface area contributed by atoms with Crippen molar-refractivity contribution >= 4 is 5.91 Å². The minimum Gasteiger partial charge on any atom is -0.460 e. The predicted molar refractivity (Wildman–Crippen MR) is 104 cm³/mol. The van der Waals surface area contributed by atoms with Crippen LogP contribution >= 0.6 is 0 Å². The molecule has 0 saturated carbocycles. The molecular weight excluding hydrogens is 340 g/mol. The van der Waals surface area contributed by atoms with Crippen molar-refractivity contribution in [3.05, 3.63) is 60.0 Å². The van der Waals surface area contributed by atoms with Crippen molar-refractivity contribution in [1.82, 2.24) is 20.4 Å². The quantitative estimate of drug-likeness (QED) is 0.745. The molecule has 140 valence electrons. The summed E-state index contributed by atoms with van der Waals surface area (Å²) >= 11 is 0. The van der Waals surface area contributed by atoms with Crippen molar-refractivity contribution in [3.8, 4) is 17.1 Å². The summed E-state index contributed by atoms with van der Waals surface area (Å²) in [5.74, 6) is 1.26. The lowest BCUT2D eigenvalue weighted by Gasteiger charge is -2.30. The van der Waals surface area contributed by atoms with Gasteiger partial charge in [0.15, 0.2) is 5.76 Å². The number of nitrogens with zero attached hydrogens (tertiary/aromatic N) is 2. The van der Waals surface area contributed by atoms with Crippen LogP contribution in [-0.4, -0.2) is 34.3 Å². The van der Waals surface area contributed by atoms with Crippen molar-refractivity contribution in [2.45, 2.75) is 38.8 Å². The smallest absolute Gasteiger partial charge is 0.255 e. The predicted octanol–water partition coefficient (Wildman–Crippen LogP) is 3.31. The van der Waals surface area contributed by atoms with Crippen LogP contribution in [0.5, 0.6) is 0 Å². The Morgan fingerprint density at radius 1 is 1.26 bits per heavy atom. The summed E-state index contributed by atoms with van der Waals surface area (Å²) in [4.78, 5) is 13.1. The topological polar surface area (TPSA) is 72.1 Å². The van der Waals surface area contributed by atoms with Crippen LogP contribution in [0.3, 0.4) is 0 Å². The molecule has 1 aliphatic rings. The van der Waals surface area contributed by atoms with Crippen molar-refractivity contribution in [3.63, 3.8) is 0 Å². The maximum atomic E-state index is 13.1. The van der Waals surface area contributed by atoms with Gasteiger partial charge in [-0.2, -0.15) is 5.10 Å². The van der Waals surface area contributed by atoms with Gasteiger partial charge in [0.1, 0.15) is 11.5 Å². The van der Waals surface area contributed by atoms with Gasteiger partial charge in [0.25, 0.3) is 5.91 Å². The Hall–Kier alpha value is -2.86. The first-order valence-electron chi connectivity index (χ1n) is 9.38. The molecule has 2 N–H and O–H groups in total. The van der Waals surface area contributed by atoms with E-state index >= 15 is 0 Å². The number of carbonyl (C=O) groups excluding carboxylic acids is 1. The maximum absolute atomic E-state index is 13.1. The van der Waals surface area contributed by atoms with Gasteiger partial charge in [-0.05, 0) is 57.5 Å². The number of para-hydroxylation sites is 1. The molecule has 2 atom stereocenters. The van der Waals surface area contributed by atoms with E-state index < -0.39 is 0 Å². The summed E-state index contributed by atoms with van der Waals surface area (Å²) < 4.78 is 7.48. The molecule has 1 aliphatic heterocycles. The van der Waals surface area contributed by atoms with Crippen LogP contribution < -0.4 is 10.6 Å². The zero-order chi connectivity index (χ0) is 18.8. The maximum Gasteiger partial charge on any atom is 0.255 e. The molecule has 6 heteroatoms. The molecule has 1 saturated heterocycles. The number of aryl methyl sites for hydroxylation is 1. The molecule has 3 heterocycles. The van der Waals surface area contributed by atoms with Gasteiger partial charge >= 0.3 is 0 Å². The molecule has 1 aromatic carbocycles. The number of piperidine rings is 1. The average molecular weight is 364 g/mol. The summed E-state index contributed by atoms with van der Waals surface area (Å²) in [7, 11) is 0. The number of carbonyl (C=O) groups is 1. The van der Waals surface area contributed by atoms with Crippen LogP contribution in [0.1, 0.15) is 35.9 Å². The highest BCUT2D eigenvalue weighted by molar-refractivity contribution is 5.99. The first kappa shape index (κ1) is 17.5. The van der Waals surface area contributed by atoms with Crippen LogP contribution in [0, 0.1) is 6.92 Å². The zero-order valence-electron chi connectivity index (χ0n) is 15.6. The Morgan fingerprint density at radius 2 is 2.07 bits per heavy atom. The summed E-state index contributed by atoms with van der Waals surface area (Å²) in [6.07, 6.45) is 3.81. The molecule has 0 spiro atoms. The van der Waals surface area contributed by atoms with Crippen LogP contribution in [-0.2, 0) is 0 Å². The van der Waals surface area contributed by atoms with Gasteiger partial charge in [0.2, 0.25) is 0 Å². The lowest BCUT2D eigenvalue weighted by atomic mass is 9.99. The third-order valence-electron chi connectivity index (χ3n) is 5.03. The van der Waals surface area contributed by atoms with Crippen molar-refractivity contribution in [2.24, 2.45) is 0 Å². The van der Waals surface area contributed by atoms with E-state index in [1.165, 1.54) is 0 Å². The fourth-order valence-electron chi connectivity index (χ4n) is 3.48. The number of amides is 1. The Labute approximate surface area is 158 Å². The molecular formula is C21H24N4O2. The minimum atomic E-state index is -0.123. The average Bonchev–Trinajstić information content (AvgIpc) is 3.31. The fourth-order valence-corrected chi connectivity index (χ4v) is 3.48. The first-order chi connectivity index (χ1) is 13.1. The molecule has 1 amide bonds. The van der Waals surface area contributed by atoms with Crippen LogP contribution in [0.2, 0.25) is 0 Å². The van der Waals surface area contributed by atoms with Gasteiger partial charge in [0, 0.05) is 18.3 Å². The van der Waals surface area contributed by atoms with Gasteiger partial charge in [-0.25, -0.2) is 4.68 Å². The van der Waals surface area contributed by atoms with Crippen LogP contribution in [0.15, 0.2) is 53.1 Å². The molecule has 6 nitrogen and oxygen atoms in total. The van der Waals surface area contributed by atoms with E-state index in [0.717, 1.165) is 30.8 Å². The van der Waals surface area contributed by atoms with E-state index in [0.29, 0.717) is 17.0 Å². The molecule has 2 aromatic heterocycles. The summed E-state index contributed by atoms with van der Waals surface area (Å²) in [5.41, 5.74) is 1.97. The highest BCUT2D eigenvalue weighted by Gasteiger charge is 2.26. The van der Waals surface area contributed by atoms with Crippen LogP contribution in [0.25, 0.3) is 17.1 Å². The highest BCUT2D eigenvalue weighted by atomic mass is 16.3. The van der Waals surface area contributed by atoms with Crippen molar-refractivity contribution in [2.75, 3.05) is 6.54 Å². The summed E-state index contributed by atoms with van der Waals surface area (Å²) in [6, 6.07) is 13.9. The van der Waals surface area contributed by atoms with E-state index in [4.69, 9.17) is 4.42 Å². The van der Waals surface area contributed by atoms with E-state index in [1.54, 1.807) is 10.9 Å². The zero-order valence-corrected chi connectivity index (χ0v) is 15.6. The van der Waals surface area contributed by atoms with E-state index in [9.17, 15) is 4.79 Å². The standard InChI is InChI=1S/C21H24N4O2/c1-14-10-11-19(27-14)20-17(13-25(24-20)16-7-4-3-5-8-16)21(26)23-18-9-6-12-22-15(18)2/h3-5,7-8,10-11,13,15,18,22H,6,9,12H2,1-2H3,(H,23,26). The van der Waals surface area contributed by atoms with Gasteiger partial charge in [-0.1, -0.05) is 18.2 Å². The first-order valence-corrected chi connectivity index (χ1v) is 9.38. The molecule has 0 aliphatic carbocycles. The molecule has 1 fully saturated rings. The SMILES string of the molecule is Cc1ccc(-c2nn(-c3ccccc3)cc2C(=O)NC2CCCNC2C)o1. The second kappa shape index (κ2) is 7.40. The molecule has 27 heavy (non-hydrogen) atoms. The van der Waals surface area contributed by atoms with E-state index in [-0.39, 0.29) is 18.0 Å². The van der Waals surface area contributed by atoms with Gasteiger partial charge < -0.3 is 15.1 Å². The van der Waals surface area contributed by atoms with E-state index in [2.05, 4.69) is 22.7 Å². The number of rotatable bonds is 4. The monoisotopic (exact) mass is 364 g/mol. The number of hydrogen-bond acceptors (Lipinski definition) is 4. The van der Waals surface area contributed by atoms with Gasteiger partial charge in [-0.3, -0.25) is 4.79 Å². The van der Waals surface area contributed by atoms with Crippen molar-refractivity contribution in [1.29, 1.82) is 0 Å². The van der Waals surface area contributed by atoms with Gasteiger partial charge in [0.05, 0.1) is 11.3 Å². The Balaban J connectivity index is 1.69. The molecule has 0 radical (unpaired) electrons. The van der Waals surface area contributed by atoms with E-state index in [1.807, 2.05) is 49.4 Å². The molecule has 3 aromatic rings. The molecule has 2 unspecified atom stereocenters. The Morgan fingerprint density at radius 3 is 2.78 bits per heavy atom. The second-order valence-corrected chi connectivity index (χ2v) is 7.05. The summed E-state index contributed by atoms with van der Waals surface area (Å²) in [5, 5.41) is 11.2. The second-order valence-electron chi connectivity index (χ2n) is 7.05. The fraction of sp³-hybridized carbons (Fsp3) is 0.333. The Kier molecular flexibility index (Phi) is 4.81. The van der Waals surface area contributed by atoms with Gasteiger partial charge in [-0.15, -0.1) is 0 Å². The largest absolute Gasteiger partial charge is 0.460 e. The number of aromatic nitrogens is 2. The number of furan rings is 1. The molecule has 4 rings (SSSR count). The third-order valence-corrected chi connectivity index (χ3v) is 5.03. The van der Waals surface area contributed by atoms with Crippen LogP contribution in [0.4, 0.5) is 0 Å². The number of nitrogens with one attached hydrogen (secondary N) is 2. The minimum absolute atomic E-state index is 0.109. The normalized spacial score (nSPS) is 19.8. The Bertz CT molecular complexity index is 929. The lowest BCUT2D eigenvalue weighted by Crippen LogP contribution is -2.51. The summed E-state index contributed by atoms with van der Waals surface area (Å²) in [6.45, 7) is 4.98.